The summed E-state index contributed by atoms with van der Waals surface area (Å²) >= 11 is 0. The molecule has 0 atom stereocenters. The van der Waals surface area contributed by atoms with E-state index >= 15 is 0 Å². The lowest BCUT2D eigenvalue weighted by Crippen LogP contribution is -2.10. The van der Waals surface area contributed by atoms with E-state index in [4.69, 9.17) is 4.42 Å². The van der Waals surface area contributed by atoms with Gasteiger partial charge < -0.3 is 14.2 Å². The molecule has 0 fully saturated rings. The van der Waals surface area contributed by atoms with Crippen molar-refractivity contribution in [1.82, 2.24) is 0 Å². The Kier molecular flexibility index (Phi) is 9.89. The third kappa shape index (κ3) is 7.54. The van der Waals surface area contributed by atoms with Crippen molar-refractivity contribution in [2.24, 2.45) is 0 Å². The van der Waals surface area contributed by atoms with E-state index in [0.29, 0.717) is 0 Å². The predicted octanol–water partition coefficient (Wildman–Crippen LogP) is 17.2. The van der Waals surface area contributed by atoms with Crippen LogP contribution in [0, 0.1) is 0 Å². The van der Waals surface area contributed by atoms with Crippen LogP contribution in [0.5, 0.6) is 0 Å². The Morgan fingerprint density at radius 2 is 0.476 bits per heavy atom. The number of rotatable bonds is 10. The van der Waals surface area contributed by atoms with Crippen molar-refractivity contribution in [2.75, 3.05) is 9.80 Å². The van der Waals surface area contributed by atoms with Gasteiger partial charge in [0.1, 0.15) is 11.2 Å². The van der Waals surface area contributed by atoms with E-state index in [1.165, 1.54) is 33.4 Å². The van der Waals surface area contributed by atoms with Gasteiger partial charge in [-0.2, -0.15) is 0 Å². The number of fused-ring (bicyclic) bond motifs is 3. The molecule has 0 N–H and O–H groups in total. The topological polar surface area (TPSA) is 19.6 Å². The first-order valence-electron chi connectivity index (χ1n) is 21.4. The number of anilines is 6. The summed E-state index contributed by atoms with van der Waals surface area (Å²) in [6.07, 6.45) is 0. The van der Waals surface area contributed by atoms with Crippen molar-refractivity contribution in [2.45, 2.75) is 0 Å². The Morgan fingerprint density at radius 1 is 0.206 bits per heavy atom. The molecule has 3 heteroatoms. The van der Waals surface area contributed by atoms with Crippen molar-refractivity contribution in [3.05, 3.63) is 255 Å². The molecule has 3 nitrogen and oxygen atoms in total. The Balaban J connectivity index is 0.917. The Hall–Kier alpha value is -8.40. The summed E-state index contributed by atoms with van der Waals surface area (Å²) in [6.45, 7) is 0. The second-order valence-electron chi connectivity index (χ2n) is 15.8. The van der Waals surface area contributed by atoms with E-state index < -0.39 is 0 Å². The molecular weight excluding hydrogens is 765 g/mol. The molecule has 0 bridgehead atoms. The highest BCUT2D eigenvalue weighted by Crippen LogP contribution is 2.41. The van der Waals surface area contributed by atoms with Crippen LogP contribution >= 0.6 is 0 Å². The molecule has 0 spiro atoms. The van der Waals surface area contributed by atoms with Gasteiger partial charge in [-0.15, -0.1) is 0 Å². The lowest BCUT2D eigenvalue weighted by molar-refractivity contribution is 0.669. The number of benzene rings is 10. The monoisotopic (exact) mass is 806 g/mol. The van der Waals surface area contributed by atoms with Crippen LogP contribution in [0.25, 0.3) is 66.4 Å². The third-order valence-electron chi connectivity index (χ3n) is 11.9. The van der Waals surface area contributed by atoms with Crippen molar-refractivity contribution in [3.8, 4) is 44.5 Å². The minimum absolute atomic E-state index is 0.873. The molecule has 1 aromatic heterocycles. The van der Waals surface area contributed by atoms with Crippen LogP contribution in [0.1, 0.15) is 0 Å². The molecule has 10 aromatic carbocycles. The maximum absolute atomic E-state index is 6.35. The maximum atomic E-state index is 6.35. The first-order valence-corrected chi connectivity index (χ1v) is 21.4. The highest BCUT2D eigenvalue weighted by atomic mass is 16.3. The zero-order chi connectivity index (χ0) is 42.0. The summed E-state index contributed by atoms with van der Waals surface area (Å²) in [7, 11) is 0. The Morgan fingerprint density at radius 3 is 0.889 bits per heavy atom. The fourth-order valence-corrected chi connectivity index (χ4v) is 8.66. The molecule has 0 aliphatic rings. The maximum Gasteiger partial charge on any atom is 0.135 e. The van der Waals surface area contributed by atoms with E-state index in [9.17, 15) is 0 Å². The first-order chi connectivity index (χ1) is 31.2. The summed E-state index contributed by atoms with van der Waals surface area (Å²) in [5.41, 5.74) is 17.7. The third-order valence-corrected chi connectivity index (χ3v) is 11.9. The van der Waals surface area contributed by atoms with Crippen molar-refractivity contribution in [1.29, 1.82) is 0 Å². The quantitative estimate of drug-likeness (QED) is 0.137. The molecule has 0 amide bonds. The average Bonchev–Trinajstić information content (AvgIpc) is 3.74. The van der Waals surface area contributed by atoms with E-state index in [1.807, 2.05) is 0 Å². The van der Waals surface area contributed by atoms with Gasteiger partial charge in [-0.25, -0.2) is 0 Å². The van der Waals surface area contributed by atoms with Crippen molar-refractivity contribution in [3.63, 3.8) is 0 Å². The van der Waals surface area contributed by atoms with Gasteiger partial charge in [0.2, 0.25) is 0 Å². The molecule has 0 saturated heterocycles. The lowest BCUT2D eigenvalue weighted by atomic mass is 10.0. The van der Waals surface area contributed by atoms with Crippen LogP contribution in [-0.2, 0) is 0 Å². The van der Waals surface area contributed by atoms with E-state index in [0.717, 1.165) is 67.2 Å². The fraction of sp³-hybridized carbons (Fsp3) is 0. The minimum atomic E-state index is 0.873. The van der Waals surface area contributed by atoms with E-state index in [2.05, 4.69) is 265 Å². The molecule has 298 valence electrons. The highest BCUT2D eigenvalue weighted by Gasteiger charge is 2.18. The highest BCUT2D eigenvalue weighted by molar-refractivity contribution is 6.08. The van der Waals surface area contributed by atoms with Crippen molar-refractivity contribution < 1.29 is 4.42 Å². The van der Waals surface area contributed by atoms with Gasteiger partial charge in [0.15, 0.2) is 0 Å². The molecule has 11 rings (SSSR count). The van der Waals surface area contributed by atoms with E-state index in [-0.39, 0.29) is 0 Å². The number of furan rings is 1. The summed E-state index contributed by atoms with van der Waals surface area (Å²) in [5, 5.41) is 2.19. The number of para-hydroxylation sites is 1. The standard InChI is InChI=1S/C60H42N2O/c1-5-13-43(14-6-1)46-21-30-52(31-22-46)61(53-32-23-47(24-33-53)44-15-7-2-8-16-44)54-34-25-48(26-35-54)49-27-36-55(37-28-49)62(51-19-11-4-12-20-51)56-38-40-60-58(42-56)57-41-50(29-39-59(57)63-60)45-17-9-3-10-18-45/h1-42H. The molecule has 0 aliphatic carbocycles. The summed E-state index contributed by atoms with van der Waals surface area (Å²) in [6, 6.07) is 90.6. The van der Waals surface area contributed by atoms with Crippen LogP contribution < -0.4 is 9.80 Å². The fourth-order valence-electron chi connectivity index (χ4n) is 8.66. The number of hydrogen-bond donors (Lipinski definition) is 0. The van der Waals surface area contributed by atoms with Gasteiger partial charge in [0, 0.05) is 44.9 Å². The molecule has 1 heterocycles. The zero-order valence-corrected chi connectivity index (χ0v) is 34.6. The van der Waals surface area contributed by atoms with Gasteiger partial charge in [-0.05, 0) is 136 Å². The predicted molar refractivity (Wildman–Crippen MR) is 265 cm³/mol. The molecule has 0 saturated carbocycles. The second-order valence-corrected chi connectivity index (χ2v) is 15.8. The molecule has 11 aromatic rings. The average molecular weight is 807 g/mol. The van der Waals surface area contributed by atoms with Gasteiger partial charge in [0.05, 0.1) is 0 Å². The molecule has 0 unspecified atom stereocenters. The summed E-state index contributed by atoms with van der Waals surface area (Å²) < 4.78 is 6.35. The number of nitrogens with zero attached hydrogens (tertiary/aromatic N) is 2. The van der Waals surface area contributed by atoms with Crippen LogP contribution in [0.2, 0.25) is 0 Å². The Bertz CT molecular complexity index is 3190. The lowest BCUT2D eigenvalue weighted by Gasteiger charge is -2.26. The van der Waals surface area contributed by atoms with Gasteiger partial charge in [0.25, 0.3) is 0 Å². The summed E-state index contributed by atoms with van der Waals surface area (Å²) in [5.74, 6) is 0. The minimum Gasteiger partial charge on any atom is -0.456 e. The zero-order valence-electron chi connectivity index (χ0n) is 34.6. The SMILES string of the molecule is c1ccc(-c2ccc(N(c3ccc(-c4ccccc4)cc3)c3ccc(-c4ccc(N(c5ccccc5)c5ccc6oc7ccc(-c8ccccc8)cc7c6c5)cc4)cc3)cc2)cc1. The molecule has 63 heavy (non-hydrogen) atoms. The van der Waals surface area contributed by atoms with Crippen molar-refractivity contribution >= 4 is 56.1 Å². The largest absolute Gasteiger partial charge is 0.456 e. The Labute approximate surface area is 368 Å². The van der Waals surface area contributed by atoms with Crippen LogP contribution in [0.15, 0.2) is 259 Å². The van der Waals surface area contributed by atoms with Gasteiger partial charge >= 0.3 is 0 Å². The second kappa shape index (κ2) is 16.6. The molecule has 0 radical (unpaired) electrons. The van der Waals surface area contributed by atoms with Gasteiger partial charge in [-0.3, -0.25) is 0 Å². The number of hydrogen-bond acceptors (Lipinski definition) is 3. The molecular formula is C60H42N2O. The summed E-state index contributed by atoms with van der Waals surface area (Å²) in [4.78, 5) is 4.65. The van der Waals surface area contributed by atoms with Crippen LogP contribution in [0.4, 0.5) is 34.1 Å². The smallest absolute Gasteiger partial charge is 0.135 e. The van der Waals surface area contributed by atoms with Gasteiger partial charge in [-0.1, -0.05) is 164 Å². The van der Waals surface area contributed by atoms with Crippen LogP contribution in [-0.4, -0.2) is 0 Å². The van der Waals surface area contributed by atoms with E-state index in [1.54, 1.807) is 0 Å². The molecule has 0 aliphatic heterocycles. The normalized spacial score (nSPS) is 11.2. The van der Waals surface area contributed by atoms with Crippen LogP contribution in [0.3, 0.4) is 0 Å². The first kappa shape index (κ1) is 37.6.